The molecule has 7 rings (SSSR count). The van der Waals surface area contributed by atoms with Crippen molar-refractivity contribution in [3.63, 3.8) is 0 Å². The molecule has 336 valence electrons. The number of halogens is 3. The number of aromatic nitrogens is 3. The Labute approximate surface area is 364 Å². The lowest BCUT2D eigenvalue weighted by Gasteiger charge is -2.32. The van der Waals surface area contributed by atoms with E-state index in [0.717, 1.165) is 11.1 Å². The van der Waals surface area contributed by atoms with Crippen molar-refractivity contribution in [2.45, 2.75) is 123 Å². The van der Waals surface area contributed by atoms with Gasteiger partial charge in [0.25, 0.3) is 0 Å². The summed E-state index contributed by atoms with van der Waals surface area (Å²) >= 11 is 0. The Morgan fingerprint density at radius 2 is 1.65 bits per heavy atom. The molecular weight excluding hydrogens is 816 g/mol. The zero-order valence-electron chi connectivity index (χ0n) is 36.6. The molecule has 4 heterocycles. The highest BCUT2D eigenvalue weighted by Gasteiger charge is 2.41. The number of benzene rings is 3. The number of nitrogens with one attached hydrogen (secondary N) is 3. The van der Waals surface area contributed by atoms with Gasteiger partial charge in [0, 0.05) is 42.5 Å². The predicted octanol–water partition coefficient (Wildman–Crippen LogP) is 8.19. The van der Waals surface area contributed by atoms with E-state index < -0.39 is 59.6 Å². The molecule has 16 heteroatoms. The first kappa shape index (κ1) is 45.0. The van der Waals surface area contributed by atoms with Gasteiger partial charge in [-0.15, -0.1) is 0 Å². The third kappa shape index (κ3) is 10.3. The topological polar surface area (TPSA) is 151 Å². The summed E-state index contributed by atoms with van der Waals surface area (Å²) < 4.78 is 57.9. The second-order valence-electron chi connectivity index (χ2n) is 17.9. The molecule has 0 unspecified atom stereocenters. The Balaban J connectivity index is 1.20. The number of likely N-dealkylation sites (tertiary alicyclic amines) is 2. The zero-order chi connectivity index (χ0) is 45.2. The molecular formula is C47H56F3N7O6. The fraction of sp³-hybridized carbons (Fsp3) is 0.468. The van der Waals surface area contributed by atoms with E-state index in [9.17, 15) is 28.0 Å². The normalized spacial score (nSPS) is 18.9. The number of alkyl carbamates (subject to hydrolysis) is 2. The molecule has 5 aromatic rings. The van der Waals surface area contributed by atoms with Gasteiger partial charge in [-0.2, -0.15) is 0 Å². The van der Waals surface area contributed by atoms with Crippen LogP contribution in [-0.4, -0.2) is 97.4 Å². The molecule has 2 saturated heterocycles. The molecule has 2 aliphatic heterocycles. The summed E-state index contributed by atoms with van der Waals surface area (Å²) in [7, 11) is 0. The summed E-state index contributed by atoms with van der Waals surface area (Å²) in [5, 5.41) is 6.14. The molecule has 3 N–H and O–H groups in total. The molecule has 0 bridgehead atoms. The number of hydrogen-bond acceptors (Lipinski definition) is 7. The highest BCUT2D eigenvalue weighted by molar-refractivity contribution is 5.92. The number of carbonyl (C=O) groups is 4. The summed E-state index contributed by atoms with van der Waals surface area (Å²) in [5.74, 6) is -1.70. The van der Waals surface area contributed by atoms with Gasteiger partial charge in [0.15, 0.2) is 5.82 Å². The predicted molar refractivity (Wildman–Crippen MR) is 232 cm³/mol. The van der Waals surface area contributed by atoms with Gasteiger partial charge in [0.1, 0.15) is 42.1 Å². The van der Waals surface area contributed by atoms with Gasteiger partial charge in [-0.05, 0) is 93.8 Å². The van der Waals surface area contributed by atoms with E-state index in [0.29, 0.717) is 65.7 Å². The van der Waals surface area contributed by atoms with Crippen LogP contribution in [0.5, 0.6) is 0 Å². The van der Waals surface area contributed by atoms with Gasteiger partial charge in [-0.1, -0.05) is 51.1 Å². The lowest BCUT2D eigenvalue weighted by Crippen LogP contribution is -2.53. The van der Waals surface area contributed by atoms with Crippen LogP contribution in [0, 0.1) is 17.6 Å². The van der Waals surface area contributed by atoms with Crippen LogP contribution >= 0.6 is 0 Å². The minimum atomic E-state index is -1.35. The molecule has 2 fully saturated rings. The first-order chi connectivity index (χ1) is 30.0. The number of alkyl halides is 1. The lowest BCUT2D eigenvalue weighted by atomic mass is 9.99. The van der Waals surface area contributed by atoms with Crippen LogP contribution in [0.4, 0.5) is 22.8 Å². The molecule has 63 heavy (non-hydrogen) atoms. The number of amides is 4. The number of carbonyl (C=O) groups excluding carboxylic acids is 4. The van der Waals surface area contributed by atoms with Crippen LogP contribution in [-0.2, 0) is 38.6 Å². The van der Waals surface area contributed by atoms with Crippen molar-refractivity contribution in [1.29, 1.82) is 0 Å². The van der Waals surface area contributed by atoms with Crippen molar-refractivity contribution < 1.29 is 41.8 Å². The van der Waals surface area contributed by atoms with Crippen LogP contribution in [0.1, 0.15) is 78.4 Å². The van der Waals surface area contributed by atoms with Crippen LogP contribution in [0.3, 0.4) is 0 Å². The number of hydrogen-bond donors (Lipinski definition) is 3. The second kappa shape index (κ2) is 18.7. The molecule has 13 nitrogen and oxygen atoms in total. The quantitative estimate of drug-likeness (QED) is 0.108. The van der Waals surface area contributed by atoms with Crippen LogP contribution in [0.2, 0.25) is 0 Å². The highest BCUT2D eigenvalue weighted by atomic mass is 19.1. The summed E-state index contributed by atoms with van der Waals surface area (Å²) in [6.45, 7) is 10.9. The SMILES string of the molecule is CC[C@H](NC(=O)OCc1ccccc1)C(=O)N1CCC[C@H]1Cc1c(-c2nc3cc(F)ccc3n2C[C@@H]2C[C@H](F)CN2C(=O)[C@@H](NC(=O)OC(C)(C)C)C(C)C)[nH]c2cc(F)ccc12. The smallest absolute Gasteiger partial charge is 0.408 e. The van der Waals surface area contributed by atoms with Gasteiger partial charge in [-0.3, -0.25) is 9.59 Å². The van der Waals surface area contributed by atoms with E-state index >= 15 is 4.39 Å². The standard InChI is InChI=1S/C47H56F3N7O6/c1-7-36(53-45(60)62-26-28-12-9-8-10-13-28)43(58)55-19-11-14-32(55)23-35-34-17-15-29(48)21-37(34)51-41(35)42-52-38-22-30(49)16-18-39(38)57(42)25-33-20-31(50)24-56(33)44(59)40(27(2)3)54-46(61)63-47(4,5)6/h8-10,12-13,15-18,21-22,27,31-33,36,40,51H,7,11,14,19-20,23-26H2,1-6H3,(H,53,60)(H,54,61)/t31-,32-,33-,36-,40-/m0/s1. The number of aromatic amines is 1. The van der Waals surface area contributed by atoms with E-state index in [1.54, 1.807) is 51.7 Å². The van der Waals surface area contributed by atoms with Gasteiger partial charge < -0.3 is 39.5 Å². The summed E-state index contributed by atoms with van der Waals surface area (Å²) in [5.41, 5.74) is 2.56. The van der Waals surface area contributed by atoms with Crippen molar-refractivity contribution in [3.05, 3.63) is 89.5 Å². The third-order valence-electron chi connectivity index (χ3n) is 11.8. The van der Waals surface area contributed by atoms with E-state index in [1.165, 1.54) is 29.2 Å². The van der Waals surface area contributed by atoms with Gasteiger partial charge in [-0.25, -0.2) is 27.7 Å². The maximum atomic E-state index is 15.5. The second-order valence-corrected chi connectivity index (χ2v) is 17.9. The molecule has 3 aromatic carbocycles. The average Bonchev–Trinajstić information content (AvgIpc) is 4.02. The Morgan fingerprint density at radius 3 is 2.37 bits per heavy atom. The van der Waals surface area contributed by atoms with Gasteiger partial charge in [0.05, 0.1) is 29.3 Å². The third-order valence-corrected chi connectivity index (χ3v) is 11.8. The molecule has 0 saturated carbocycles. The first-order valence-electron chi connectivity index (χ1n) is 21.7. The number of ether oxygens (including phenoxy) is 2. The molecule has 0 spiro atoms. The largest absolute Gasteiger partial charge is 0.445 e. The van der Waals surface area contributed by atoms with E-state index in [4.69, 9.17) is 14.5 Å². The van der Waals surface area contributed by atoms with Crippen molar-refractivity contribution in [2.75, 3.05) is 13.1 Å². The minimum absolute atomic E-state index is 0.000352. The fourth-order valence-corrected chi connectivity index (χ4v) is 8.77. The Morgan fingerprint density at radius 1 is 0.921 bits per heavy atom. The maximum absolute atomic E-state index is 15.5. The van der Waals surface area contributed by atoms with Crippen molar-refractivity contribution in [1.82, 2.24) is 35.0 Å². The Kier molecular flexibility index (Phi) is 13.4. The first-order valence-corrected chi connectivity index (χ1v) is 21.7. The van der Waals surface area contributed by atoms with Crippen molar-refractivity contribution in [3.8, 4) is 11.5 Å². The zero-order valence-corrected chi connectivity index (χ0v) is 36.6. The summed E-state index contributed by atoms with van der Waals surface area (Å²) in [6, 6.07) is 15.0. The highest BCUT2D eigenvalue weighted by Crippen LogP contribution is 2.37. The van der Waals surface area contributed by atoms with E-state index in [-0.39, 0.29) is 44.0 Å². The van der Waals surface area contributed by atoms with E-state index in [2.05, 4.69) is 15.6 Å². The molecule has 0 radical (unpaired) electrons. The lowest BCUT2D eigenvalue weighted by molar-refractivity contribution is -0.136. The van der Waals surface area contributed by atoms with Gasteiger partial charge >= 0.3 is 12.2 Å². The fourth-order valence-electron chi connectivity index (χ4n) is 8.77. The minimum Gasteiger partial charge on any atom is -0.445 e. The Hall–Kier alpha value is -6.06. The number of fused-ring (bicyclic) bond motifs is 2. The van der Waals surface area contributed by atoms with Crippen LogP contribution in [0.25, 0.3) is 33.5 Å². The van der Waals surface area contributed by atoms with E-state index in [1.807, 2.05) is 41.8 Å². The summed E-state index contributed by atoms with van der Waals surface area (Å²) in [4.78, 5) is 65.6. The molecule has 5 atom stereocenters. The summed E-state index contributed by atoms with van der Waals surface area (Å²) in [6.07, 6.45) is -0.797. The number of imidazole rings is 1. The number of H-pyrrole nitrogens is 1. The van der Waals surface area contributed by atoms with Crippen LogP contribution in [0.15, 0.2) is 66.7 Å². The van der Waals surface area contributed by atoms with Gasteiger partial charge in [0.2, 0.25) is 11.8 Å². The Bertz CT molecular complexity index is 2470. The van der Waals surface area contributed by atoms with Crippen LogP contribution < -0.4 is 10.6 Å². The average molecular weight is 872 g/mol. The monoisotopic (exact) mass is 871 g/mol. The molecule has 2 aromatic heterocycles. The number of nitrogens with zero attached hydrogens (tertiary/aromatic N) is 4. The number of rotatable bonds is 13. The maximum Gasteiger partial charge on any atom is 0.408 e. The molecule has 4 amide bonds. The molecule has 0 aliphatic carbocycles. The van der Waals surface area contributed by atoms with Crippen molar-refractivity contribution in [2.24, 2.45) is 5.92 Å². The molecule has 2 aliphatic rings. The van der Waals surface area contributed by atoms with Crippen molar-refractivity contribution >= 4 is 45.9 Å².